The van der Waals surface area contributed by atoms with Crippen LogP contribution in [-0.4, -0.2) is 59.3 Å². The number of aromatic nitrogens is 2. The number of rotatable bonds is 4. The zero-order chi connectivity index (χ0) is 24.0. The molecule has 1 saturated heterocycles. The smallest absolute Gasteiger partial charge is 0.339 e. The summed E-state index contributed by atoms with van der Waals surface area (Å²) >= 11 is 0. The number of para-hydroxylation sites is 2. The summed E-state index contributed by atoms with van der Waals surface area (Å²) < 4.78 is 94.5. The summed E-state index contributed by atoms with van der Waals surface area (Å²) in [4.78, 5) is 16.9. The largest absolute Gasteiger partial charge is 0.449 e. The number of sulfonamides is 1. The Hall–Kier alpha value is -3.06. The van der Waals surface area contributed by atoms with Gasteiger partial charge in [0.05, 0.1) is 11.0 Å². The van der Waals surface area contributed by atoms with Crippen molar-refractivity contribution in [3.8, 4) is 0 Å². The molecule has 1 aromatic heterocycles. The molecular formula is C20H17F5N4O3S. The molecule has 176 valence electrons. The molecule has 0 radical (unpaired) electrons. The summed E-state index contributed by atoms with van der Waals surface area (Å²) in [5.41, 5.74) is 0.237. The molecule has 7 nitrogen and oxygen atoms in total. The van der Waals surface area contributed by atoms with Gasteiger partial charge in [-0.3, -0.25) is 4.79 Å². The van der Waals surface area contributed by atoms with Crippen molar-refractivity contribution in [1.29, 1.82) is 0 Å². The molecule has 1 aliphatic rings. The Kier molecular flexibility index (Phi) is 5.86. The van der Waals surface area contributed by atoms with Gasteiger partial charge in [0.15, 0.2) is 0 Å². The van der Waals surface area contributed by atoms with Gasteiger partial charge >= 0.3 is 6.18 Å². The number of hydrogen-bond donors (Lipinski definition) is 0. The van der Waals surface area contributed by atoms with Crippen molar-refractivity contribution in [1.82, 2.24) is 18.8 Å². The molecule has 2 aromatic carbocycles. The van der Waals surface area contributed by atoms with Crippen LogP contribution in [0.5, 0.6) is 0 Å². The summed E-state index contributed by atoms with van der Waals surface area (Å²) in [5.74, 6) is -4.01. The van der Waals surface area contributed by atoms with Crippen molar-refractivity contribution in [3.05, 3.63) is 59.9 Å². The van der Waals surface area contributed by atoms with Crippen LogP contribution in [0.3, 0.4) is 0 Å². The van der Waals surface area contributed by atoms with E-state index in [0.717, 1.165) is 21.0 Å². The molecule has 0 unspecified atom stereocenters. The van der Waals surface area contributed by atoms with Crippen molar-refractivity contribution in [2.45, 2.75) is 17.6 Å². The van der Waals surface area contributed by atoms with Gasteiger partial charge in [-0.05, 0) is 24.3 Å². The first-order valence-electron chi connectivity index (χ1n) is 9.74. The standard InChI is InChI=1S/C20H17F5N4O3S/c21-13-5-6-17(14(22)11-13)33(31,32)28-9-7-27(8-10-28)18(30)12-29-16-4-2-1-3-15(16)26-19(29)20(23,24)25/h1-6,11H,7-10,12H2. The molecule has 1 fully saturated rings. The second-order valence-electron chi connectivity index (χ2n) is 7.37. The minimum Gasteiger partial charge on any atom is -0.339 e. The fourth-order valence-electron chi connectivity index (χ4n) is 3.69. The van der Waals surface area contributed by atoms with Crippen molar-refractivity contribution < 1.29 is 35.2 Å². The van der Waals surface area contributed by atoms with Crippen LogP contribution in [0.25, 0.3) is 11.0 Å². The van der Waals surface area contributed by atoms with Crippen LogP contribution in [0.1, 0.15) is 5.82 Å². The molecule has 1 aliphatic heterocycles. The van der Waals surface area contributed by atoms with E-state index in [-0.39, 0.29) is 37.2 Å². The maximum Gasteiger partial charge on any atom is 0.449 e. The number of benzene rings is 2. The van der Waals surface area contributed by atoms with Crippen LogP contribution < -0.4 is 0 Å². The number of piperazine rings is 1. The third kappa shape index (κ3) is 4.42. The Morgan fingerprint density at radius 2 is 1.67 bits per heavy atom. The summed E-state index contributed by atoms with van der Waals surface area (Å²) in [6.07, 6.45) is -4.77. The first-order valence-corrected chi connectivity index (χ1v) is 11.2. The summed E-state index contributed by atoms with van der Waals surface area (Å²) in [6, 6.07) is 8.00. The van der Waals surface area contributed by atoms with Crippen LogP contribution in [0, 0.1) is 11.6 Å². The molecule has 1 amide bonds. The Morgan fingerprint density at radius 1 is 1.00 bits per heavy atom. The SMILES string of the molecule is O=C(Cn1c(C(F)(F)F)nc2ccccc21)N1CCN(S(=O)(=O)c2ccc(F)cc2F)CC1. The highest BCUT2D eigenvalue weighted by Gasteiger charge is 2.39. The number of halogens is 5. The summed E-state index contributed by atoms with van der Waals surface area (Å²) in [6.45, 7) is -1.22. The second kappa shape index (κ2) is 8.37. The minimum absolute atomic E-state index is 0.0925. The summed E-state index contributed by atoms with van der Waals surface area (Å²) in [7, 11) is -4.27. The first kappa shape index (κ1) is 23.1. The molecule has 0 saturated carbocycles. The molecule has 0 bridgehead atoms. The van der Waals surface area contributed by atoms with E-state index in [0.29, 0.717) is 6.07 Å². The topological polar surface area (TPSA) is 75.5 Å². The van der Waals surface area contributed by atoms with Gasteiger partial charge in [0.25, 0.3) is 0 Å². The average molecular weight is 488 g/mol. The minimum atomic E-state index is -4.77. The third-order valence-electron chi connectivity index (χ3n) is 5.30. The van der Waals surface area contributed by atoms with Crippen LogP contribution in [0.4, 0.5) is 22.0 Å². The van der Waals surface area contributed by atoms with Gasteiger partial charge in [0, 0.05) is 32.2 Å². The predicted molar refractivity (Wildman–Crippen MR) is 106 cm³/mol. The Bertz CT molecular complexity index is 1310. The zero-order valence-electron chi connectivity index (χ0n) is 16.9. The van der Waals surface area contributed by atoms with Crippen molar-refractivity contribution >= 4 is 27.0 Å². The van der Waals surface area contributed by atoms with Gasteiger partial charge in [-0.2, -0.15) is 17.5 Å². The van der Waals surface area contributed by atoms with E-state index < -0.39 is 51.0 Å². The maximum atomic E-state index is 14.0. The second-order valence-corrected chi connectivity index (χ2v) is 9.27. The average Bonchev–Trinajstić information content (AvgIpc) is 3.12. The van der Waals surface area contributed by atoms with E-state index in [1.807, 2.05) is 0 Å². The number of carbonyl (C=O) groups excluding carboxylic acids is 1. The van der Waals surface area contributed by atoms with Gasteiger partial charge in [-0.1, -0.05) is 12.1 Å². The molecule has 13 heteroatoms. The normalized spacial score (nSPS) is 15.8. The molecule has 0 aliphatic carbocycles. The number of hydrogen-bond acceptors (Lipinski definition) is 4. The number of carbonyl (C=O) groups is 1. The van der Waals surface area contributed by atoms with E-state index in [1.165, 1.54) is 29.2 Å². The van der Waals surface area contributed by atoms with Gasteiger partial charge in [0.2, 0.25) is 21.8 Å². The number of imidazole rings is 1. The molecule has 4 rings (SSSR count). The monoisotopic (exact) mass is 488 g/mol. The maximum absolute atomic E-state index is 14.0. The van der Waals surface area contributed by atoms with Crippen molar-refractivity contribution in [3.63, 3.8) is 0 Å². The fraction of sp³-hybridized carbons (Fsp3) is 0.300. The van der Waals surface area contributed by atoms with Crippen LogP contribution >= 0.6 is 0 Å². The third-order valence-corrected chi connectivity index (χ3v) is 7.24. The lowest BCUT2D eigenvalue weighted by Gasteiger charge is -2.34. The number of nitrogens with zero attached hydrogens (tertiary/aromatic N) is 4. The van der Waals surface area contributed by atoms with Crippen LogP contribution in [0.15, 0.2) is 47.4 Å². The van der Waals surface area contributed by atoms with Gasteiger partial charge in [-0.25, -0.2) is 22.2 Å². The quantitative estimate of drug-likeness (QED) is 0.530. The lowest BCUT2D eigenvalue weighted by molar-refractivity contribution is -0.148. The molecule has 2 heterocycles. The summed E-state index contributed by atoms with van der Waals surface area (Å²) in [5, 5.41) is 0. The van der Waals surface area contributed by atoms with E-state index >= 15 is 0 Å². The van der Waals surface area contributed by atoms with Crippen LogP contribution in [0.2, 0.25) is 0 Å². The highest BCUT2D eigenvalue weighted by Crippen LogP contribution is 2.31. The highest BCUT2D eigenvalue weighted by atomic mass is 32.2. The lowest BCUT2D eigenvalue weighted by Crippen LogP contribution is -2.51. The molecule has 33 heavy (non-hydrogen) atoms. The molecule has 0 spiro atoms. The van der Waals surface area contributed by atoms with Crippen LogP contribution in [-0.2, 0) is 27.5 Å². The van der Waals surface area contributed by atoms with E-state index in [1.54, 1.807) is 0 Å². The first-order chi connectivity index (χ1) is 15.5. The fourth-order valence-corrected chi connectivity index (χ4v) is 5.16. The van der Waals surface area contributed by atoms with E-state index in [2.05, 4.69) is 4.98 Å². The Labute approximate surface area is 185 Å². The predicted octanol–water partition coefficient (Wildman–Crippen LogP) is 2.87. The number of amides is 1. The van der Waals surface area contributed by atoms with Crippen molar-refractivity contribution in [2.75, 3.05) is 26.2 Å². The zero-order valence-corrected chi connectivity index (χ0v) is 17.7. The molecule has 0 N–H and O–H groups in total. The lowest BCUT2D eigenvalue weighted by atomic mass is 10.3. The van der Waals surface area contributed by atoms with Gasteiger partial charge in [0.1, 0.15) is 23.1 Å². The van der Waals surface area contributed by atoms with E-state index in [9.17, 15) is 35.2 Å². The Morgan fingerprint density at radius 3 is 2.30 bits per heavy atom. The number of fused-ring (bicyclic) bond motifs is 1. The van der Waals surface area contributed by atoms with E-state index in [4.69, 9.17) is 0 Å². The van der Waals surface area contributed by atoms with Gasteiger partial charge in [-0.15, -0.1) is 0 Å². The van der Waals surface area contributed by atoms with Crippen molar-refractivity contribution in [2.24, 2.45) is 0 Å². The molecule has 3 aromatic rings. The molecule has 0 atom stereocenters. The number of alkyl halides is 3. The Balaban J connectivity index is 1.50. The highest BCUT2D eigenvalue weighted by molar-refractivity contribution is 7.89. The van der Waals surface area contributed by atoms with Gasteiger partial charge < -0.3 is 9.47 Å². The molecular weight excluding hydrogens is 471 g/mol.